The monoisotopic (exact) mass is 352 g/mol. The first-order valence-electron chi connectivity index (χ1n) is 9.36. The number of hydrogen-bond acceptors (Lipinski definition) is 4. The van der Waals surface area contributed by atoms with Gasteiger partial charge in [-0.3, -0.25) is 4.79 Å². The van der Waals surface area contributed by atoms with Crippen LogP contribution in [0, 0.1) is 6.92 Å². The van der Waals surface area contributed by atoms with Gasteiger partial charge in [-0.15, -0.1) is 0 Å². The van der Waals surface area contributed by atoms with Crippen molar-refractivity contribution in [3.8, 4) is 0 Å². The molecule has 2 N–H and O–H groups in total. The third-order valence-electron chi connectivity index (χ3n) is 4.76. The molecular formula is C21H28N4O. The van der Waals surface area contributed by atoms with Gasteiger partial charge in [0.1, 0.15) is 17.3 Å². The third-order valence-corrected chi connectivity index (χ3v) is 4.76. The molecule has 3 rings (SSSR count). The van der Waals surface area contributed by atoms with Crippen LogP contribution in [0.2, 0.25) is 0 Å². The van der Waals surface area contributed by atoms with Crippen LogP contribution in [0.1, 0.15) is 68.3 Å². The van der Waals surface area contributed by atoms with E-state index in [1.807, 2.05) is 25.1 Å². The first-order valence-corrected chi connectivity index (χ1v) is 9.36. The van der Waals surface area contributed by atoms with Crippen molar-refractivity contribution in [3.05, 3.63) is 47.4 Å². The fraction of sp³-hybridized carbons (Fsp3) is 0.476. The molecule has 1 fully saturated rings. The van der Waals surface area contributed by atoms with Crippen LogP contribution in [-0.4, -0.2) is 21.9 Å². The molecule has 1 aliphatic rings. The van der Waals surface area contributed by atoms with E-state index in [2.05, 4.69) is 47.4 Å². The van der Waals surface area contributed by atoms with Crippen molar-refractivity contribution in [1.82, 2.24) is 15.3 Å². The van der Waals surface area contributed by atoms with E-state index in [1.165, 1.54) is 18.4 Å². The molecule has 26 heavy (non-hydrogen) atoms. The molecule has 0 spiro atoms. The first-order chi connectivity index (χ1) is 12.3. The minimum Gasteiger partial charge on any atom is -0.348 e. The number of anilines is 2. The summed E-state index contributed by atoms with van der Waals surface area (Å²) in [6.45, 7) is 8.35. The maximum absolute atomic E-state index is 12.6. The molecule has 0 saturated heterocycles. The maximum Gasteiger partial charge on any atom is 0.270 e. The van der Waals surface area contributed by atoms with Gasteiger partial charge in [0.25, 0.3) is 5.91 Å². The Bertz CT molecular complexity index is 789. The molecule has 1 amide bonds. The van der Waals surface area contributed by atoms with E-state index in [0.29, 0.717) is 17.3 Å². The normalized spacial score (nSPS) is 15.1. The summed E-state index contributed by atoms with van der Waals surface area (Å²) in [5.41, 5.74) is 2.63. The second-order valence-corrected chi connectivity index (χ2v) is 8.06. The summed E-state index contributed by atoms with van der Waals surface area (Å²) in [5.74, 6) is 1.11. The van der Waals surface area contributed by atoms with Crippen molar-refractivity contribution in [1.29, 1.82) is 0 Å². The summed E-state index contributed by atoms with van der Waals surface area (Å²) in [6, 6.07) is 10.2. The molecule has 1 saturated carbocycles. The highest BCUT2D eigenvalue weighted by Crippen LogP contribution is 2.31. The molecular weight excluding hydrogens is 324 g/mol. The molecule has 1 aromatic carbocycles. The lowest BCUT2D eigenvalue weighted by molar-refractivity contribution is 0.0932. The SMILES string of the molecule is Cc1nc(Nc2ccccc2C(C)(C)C)cc(C(=O)NC2CCCC2)n1. The highest BCUT2D eigenvalue weighted by atomic mass is 16.1. The predicted molar refractivity (Wildman–Crippen MR) is 105 cm³/mol. The summed E-state index contributed by atoms with van der Waals surface area (Å²) in [4.78, 5) is 21.3. The Kier molecular flexibility index (Phi) is 5.25. The zero-order valence-corrected chi connectivity index (χ0v) is 16.1. The highest BCUT2D eigenvalue weighted by Gasteiger charge is 2.21. The van der Waals surface area contributed by atoms with Crippen molar-refractivity contribution < 1.29 is 4.79 Å². The maximum atomic E-state index is 12.6. The Labute approximate surface area is 155 Å². The topological polar surface area (TPSA) is 66.9 Å². The highest BCUT2D eigenvalue weighted by molar-refractivity contribution is 5.93. The van der Waals surface area contributed by atoms with Crippen molar-refractivity contribution in [2.24, 2.45) is 0 Å². The molecule has 0 bridgehead atoms. The van der Waals surface area contributed by atoms with Gasteiger partial charge in [-0.25, -0.2) is 9.97 Å². The van der Waals surface area contributed by atoms with Crippen LogP contribution >= 0.6 is 0 Å². The molecule has 5 nitrogen and oxygen atoms in total. The van der Waals surface area contributed by atoms with Crippen molar-refractivity contribution in [2.45, 2.75) is 64.8 Å². The third kappa shape index (κ3) is 4.40. The molecule has 0 unspecified atom stereocenters. The zero-order chi connectivity index (χ0) is 18.7. The molecule has 0 aliphatic heterocycles. The Balaban J connectivity index is 1.83. The van der Waals surface area contributed by atoms with Crippen molar-refractivity contribution in [2.75, 3.05) is 5.32 Å². The number of aryl methyl sites for hydroxylation is 1. The number of carbonyl (C=O) groups excluding carboxylic acids is 1. The number of carbonyl (C=O) groups is 1. The summed E-state index contributed by atoms with van der Waals surface area (Å²) >= 11 is 0. The van der Waals surface area contributed by atoms with Crippen LogP contribution in [0.5, 0.6) is 0 Å². The van der Waals surface area contributed by atoms with Crippen LogP contribution in [0.3, 0.4) is 0 Å². The number of para-hydroxylation sites is 1. The number of amides is 1. The quantitative estimate of drug-likeness (QED) is 0.850. The van der Waals surface area contributed by atoms with Crippen LogP contribution in [0.4, 0.5) is 11.5 Å². The van der Waals surface area contributed by atoms with E-state index < -0.39 is 0 Å². The summed E-state index contributed by atoms with van der Waals surface area (Å²) in [7, 11) is 0. The van der Waals surface area contributed by atoms with Gasteiger partial charge >= 0.3 is 0 Å². The molecule has 0 atom stereocenters. The molecule has 2 aromatic rings. The summed E-state index contributed by atoms with van der Waals surface area (Å²) in [6.07, 6.45) is 4.48. The zero-order valence-electron chi connectivity index (χ0n) is 16.1. The Morgan fingerprint density at radius 2 is 1.81 bits per heavy atom. The van der Waals surface area contributed by atoms with Gasteiger partial charge in [-0.05, 0) is 36.8 Å². The number of rotatable bonds is 4. The molecule has 1 aliphatic carbocycles. The molecule has 5 heteroatoms. The van der Waals surface area contributed by atoms with E-state index in [4.69, 9.17) is 0 Å². The predicted octanol–water partition coefficient (Wildman–Crippen LogP) is 4.50. The van der Waals surface area contributed by atoms with Crippen molar-refractivity contribution in [3.63, 3.8) is 0 Å². The van der Waals surface area contributed by atoms with E-state index in [9.17, 15) is 4.79 Å². The van der Waals surface area contributed by atoms with Gasteiger partial charge in [0.2, 0.25) is 0 Å². The fourth-order valence-corrected chi connectivity index (χ4v) is 3.46. The van der Waals surface area contributed by atoms with Crippen LogP contribution in [0.15, 0.2) is 30.3 Å². The average Bonchev–Trinajstić information content (AvgIpc) is 3.07. The number of nitrogens with zero attached hydrogens (tertiary/aromatic N) is 2. The van der Waals surface area contributed by atoms with E-state index in [0.717, 1.165) is 18.5 Å². The lowest BCUT2D eigenvalue weighted by Crippen LogP contribution is -2.33. The molecule has 138 valence electrons. The van der Waals surface area contributed by atoms with Gasteiger partial charge in [0.15, 0.2) is 0 Å². The van der Waals surface area contributed by atoms with Gasteiger partial charge in [0.05, 0.1) is 0 Å². The van der Waals surface area contributed by atoms with Gasteiger partial charge in [-0.2, -0.15) is 0 Å². The smallest absolute Gasteiger partial charge is 0.270 e. The molecule has 1 aromatic heterocycles. The van der Waals surface area contributed by atoms with E-state index in [-0.39, 0.29) is 17.4 Å². The first kappa shape index (κ1) is 18.4. The number of aromatic nitrogens is 2. The van der Waals surface area contributed by atoms with Gasteiger partial charge in [-0.1, -0.05) is 51.8 Å². The van der Waals surface area contributed by atoms with Gasteiger partial charge in [0, 0.05) is 17.8 Å². The standard InChI is InChI=1S/C21H28N4O/c1-14-22-18(20(26)24-15-9-5-6-10-15)13-19(23-14)25-17-12-8-7-11-16(17)21(2,3)4/h7-8,11-13,15H,5-6,9-10H2,1-4H3,(H,24,26)(H,22,23,25). The lowest BCUT2D eigenvalue weighted by Gasteiger charge is -2.23. The minimum absolute atomic E-state index is 0.00828. The number of nitrogens with one attached hydrogen (secondary N) is 2. The Morgan fingerprint density at radius 3 is 2.50 bits per heavy atom. The van der Waals surface area contributed by atoms with E-state index >= 15 is 0 Å². The van der Waals surface area contributed by atoms with Crippen LogP contribution < -0.4 is 10.6 Å². The second-order valence-electron chi connectivity index (χ2n) is 8.06. The Morgan fingerprint density at radius 1 is 1.12 bits per heavy atom. The average molecular weight is 352 g/mol. The number of hydrogen-bond donors (Lipinski definition) is 2. The largest absolute Gasteiger partial charge is 0.348 e. The molecule has 0 radical (unpaired) electrons. The van der Waals surface area contributed by atoms with Crippen LogP contribution in [0.25, 0.3) is 0 Å². The minimum atomic E-state index is -0.116. The lowest BCUT2D eigenvalue weighted by atomic mass is 9.86. The van der Waals surface area contributed by atoms with Gasteiger partial charge < -0.3 is 10.6 Å². The molecule has 1 heterocycles. The van der Waals surface area contributed by atoms with Crippen LogP contribution in [-0.2, 0) is 5.41 Å². The number of benzene rings is 1. The van der Waals surface area contributed by atoms with E-state index in [1.54, 1.807) is 6.07 Å². The summed E-state index contributed by atoms with van der Waals surface area (Å²) in [5, 5.41) is 6.47. The fourth-order valence-electron chi connectivity index (χ4n) is 3.46. The van der Waals surface area contributed by atoms with Crippen molar-refractivity contribution >= 4 is 17.4 Å². The second kappa shape index (κ2) is 7.44. The Hall–Kier alpha value is -2.43. The summed E-state index contributed by atoms with van der Waals surface area (Å²) < 4.78 is 0.